The lowest BCUT2D eigenvalue weighted by Crippen LogP contribution is -2.43. The van der Waals surface area contributed by atoms with Gasteiger partial charge >= 0.3 is 0 Å². The van der Waals surface area contributed by atoms with Crippen LogP contribution in [-0.4, -0.2) is 31.5 Å². The average Bonchev–Trinajstić information content (AvgIpc) is 2.68. The summed E-state index contributed by atoms with van der Waals surface area (Å²) in [6, 6.07) is 12.5. The Bertz CT molecular complexity index is 790. The summed E-state index contributed by atoms with van der Waals surface area (Å²) in [4.78, 5) is 26.2. The third-order valence-corrected chi connectivity index (χ3v) is 4.33. The van der Waals surface area contributed by atoms with E-state index in [-0.39, 0.29) is 6.61 Å². The highest BCUT2D eigenvalue weighted by Gasteiger charge is 2.10. The molecule has 2 N–H and O–H groups in total. The van der Waals surface area contributed by atoms with Gasteiger partial charge in [0, 0.05) is 24.3 Å². The van der Waals surface area contributed by atoms with E-state index in [1.807, 2.05) is 25.1 Å². The van der Waals surface area contributed by atoms with Crippen molar-refractivity contribution in [3.05, 3.63) is 58.6 Å². The molecule has 0 bridgehead atoms. The van der Waals surface area contributed by atoms with Crippen LogP contribution < -0.4 is 20.5 Å². The van der Waals surface area contributed by atoms with E-state index in [0.717, 1.165) is 24.3 Å². The molecule has 0 spiro atoms. The SMILES string of the molecule is CCN(CC)c1ccc(C(=O)NNC(=O)COc2cc(C)ccc2Cl)cc1. The van der Waals surface area contributed by atoms with Crippen molar-refractivity contribution in [1.82, 2.24) is 10.9 Å². The van der Waals surface area contributed by atoms with Gasteiger partial charge in [0.1, 0.15) is 5.75 Å². The van der Waals surface area contributed by atoms with E-state index in [1.165, 1.54) is 0 Å². The second-order valence-corrected chi connectivity index (χ2v) is 6.35. The Kier molecular flexibility index (Phi) is 7.49. The van der Waals surface area contributed by atoms with Crippen molar-refractivity contribution < 1.29 is 14.3 Å². The van der Waals surface area contributed by atoms with Crippen LogP contribution in [0.3, 0.4) is 0 Å². The molecule has 0 unspecified atom stereocenters. The topological polar surface area (TPSA) is 70.7 Å². The monoisotopic (exact) mass is 389 g/mol. The number of ether oxygens (including phenoxy) is 1. The fourth-order valence-electron chi connectivity index (χ4n) is 2.51. The van der Waals surface area contributed by atoms with E-state index in [9.17, 15) is 9.59 Å². The van der Waals surface area contributed by atoms with Crippen LogP contribution in [0.4, 0.5) is 5.69 Å². The van der Waals surface area contributed by atoms with Crippen LogP contribution in [0.1, 0.15) is 29.8 Å². The first-order chi connectivity index (χ1) is 12.9. The zero-order chi connectivity index (χ0) is 19.8. The largest absolute Gasteiger partial charge is 0.482 e. The van der Waals surface area contributed by atoms with Crippen molar-refractivity contribution in [2.24, 2.45) is 0 Å². The van der Waals surface area contributed by atoms with Crippen LogP contribution in [-0.2, 0) is 4.79 Å². The Morgan fingerprint density at radius 3 is 2.33 bits per heavy atom. The van der Waals surface area contributed by atoms with E-state index in [4.69, 9.17) is 16.3 Å². The third kappa shape index (κ3) is 5.89. The van der Waals surface area contributed by atoms with Gasteiger partial charge in [-0.1, -0.05) is 17.7 Å². The van der Waals surface area contributed by atoms with Gasteiger partial charge in [-0.3, -0.25) is 20.4 Å². The first-order valence-electron chi connectivity index (χ1n) is 8.77. The number of nitrogens with zero attached hydrogens (tertiary/aromatic N) is 1. The summed E-state index contributed by atoms with van der Waals surface area (Å²) in [5, 5.41) is 0.422. The van der Waals surface area contributed by atoms with E-state index >= 15 is 0 Å². The standard InChI is InChI=1S/C20H24ClN3O3/c1-4-24(5-2)16-9-7-15(8-10-16)20(26)23-22-19(25)13-27-18-12-14(3)6-11-17(18)21/h6-12H,4-5,13H2,1-3H3,(H,22,25)(H,23,26). The van der Waals surface area contributed by atoms with Crippen LogP contribution in [0.15, 0.2) is 42.5 Å². The highest BCUT2D eigenvalue weighted by molar-refractivity contribution is 6.32. The smallest absolute Gasteiger partial charge is 0.276 e. The molecule has 0 fully saturated rings. The second kappa shape index (κ2) is 9.83. The molecule has 0 radical (unpaired) electrons. The molecule has 0 aliphatic carbocycles. The van der Waals surface area contributed by atoms with E-state index in [0.29, 0.717) is 16.3 Å². The van der Waals surface area contributed by atoms with Crippen LogP contribution in [0.2, 0.25) is 5.02 Å². The lowest BCUT2D eigenvalue weighted by molar-refractivity contribution is -0.123. The van der Waals surface area contributed by atoms with Crippen LogP contribution in [0.5, 0.6) is 5.75 Å². The van der Waals surface area contributed by atoms with Crippen LogP contribution in [0, 0.1) is 6.92 Å². The Hall–Kier alpha value is -2.73. The zero-order valence-electron chi connectivity index (χ0n) is 15.7. The molecular weight excluding hydrogens is 366 g/mol. The Morgan fingerprint density at radius 1 is 1.04 bits per heavy atom. The number of halogens is 1. The number of benzene rings is 2. The molecule has 2 aromatic carbocycles. The molecule has 0 aliphatic rings. The van der Waals surface area contributed by atoms with Crippen molar-refractivity contribution >= 4 is 29.1 Å². The number of hydrazine groups is 1. The number of amides is 2. The van der Waals surface area contributed by atoms with Gasteiger partial charge in [-0.2, -0.15) is 0 Å². The van der Waals surface area contributed by atoms with Crippen LogP contribution in [0.25, 0.3) is 0 Å². The van der Waals surface area contributed by atoms with Crippen molar-refractivity contribution in [3.63, 3.8) is 0 Å². The average molecular weight is 390 g/mol. The fourth-order valence-corrected chi connectivity index (χ4v) is 2.68. The number of hydrogen-bond acceptors (Lipinski definition) is 4. The number of nitrogens with one attached hydrogen (secondary N) is 2. The summed E-state index contributed by atoms with van der Waals surface area (Å²) in [6.45, 7) is 7.57. The quantitative estimate of drug-likeness (QED) is 0.712. The maximum absolute atomic E-state index is 12.1. The number of carbonyl (C=O) groups is 2. The normalized spacial score (nSPS) is 10.2. The highest BCUT2D eigenvalue weighted by atomic mass is 35.5. The van der Waals surface area contributed by atoms with Gasteiger partial charge < -0.3 is 9.64 Å². The molecule has 2 amide bonds. The summed E-state index contributed by atoms with van der Waals surface area (Å²) in [5.74, 6) is -0.464. The van der Waals surface area contributed by atoms with Crippen molar-refractivity contribution in [3.8, 4) is 5.75 Å². The minimum Gasteiger partial charge on any atom is -0.482 e. The Morgan fingerprint density at radius 2 is 1.70 bits per heavy atom. The molecule has 144 valence electrons. The number of aryl methyl sites for hydroxylation is 1. The van der Waals surface area contributed by atoms with Crippen molar-refractivity contribution in [1.29, 1.82) is 0 Å². The predicted molar refractivity (Wildman–Crippen MR) is 107 cm³/mol. The van der Waals surface area contributed by atoms with Gasteiger partial charge in [0.25, 0.3) is 11.8 Å². The lowest BCUT2D eigenvalue weighted by Gasteiger charge is -2.21. The molecule has 0 atom stereocenters. The molecule has 0 aliphatic heterocycles. The number of carbonyl (C=O) groups excluding carboxylic acids is 2. The van der Waals surface area contributed by atoms with Crippen molar-refractivity contribution in [2.45, 2.75) is 20.8 Å². The molecule has 7 heteroatoms. The van der Waals surface area contributed by atoms with Crippen LogP contribution >= 0.6 is 11.6 Å². The van der Waals surface area contributed by atoms with E-state index in [2.05, 4.69) is 29.6 Å². The number of anilines is 1. The Balaban J connectivity index is 1.84. The molecule has 0 saturated heterocycles. The molecule has 27 heavy (non-hydrogen) atoms. The Labute approximate surface area is 164 Å². The predicted octanol–water partition coefficient (Wildman–Crippen LogP) is 3.33. The minimum absolute atomic E-state index is 0.260. The van der Waals surface area contributed by atoms with Gasteiger partial charge in [-0.25, -0.2) is 0 Å². The summed E-state index contributed by atoms with van der Waals surface area (Å²) in [5.41, 5.74) is 7.17. The summed E-state index contributed by atoms with van der Waals surface area (Å²) < 4.78 is 5.38. The second-order valence-electron chi connectivity index (χ2n) is 5.94. The number of hydrogen-bond donors (Lipinski definition) is 2. The molecule has 2 rings (SSSR count). The van der Waals surface area contributed by atoms with E-state index in [1.54, 1.807) is 24.3 Å². The minimum atomic E-state index is -0.485. The van der Waals surface area contributed by atoms with Gasteiger partial charge in [0.2, 0.25) is 0 Å². The van der Waals surface area contributed by atoms with Gasteiger partial charge in [-0.15, -0.1) is 0 Å². The molecule has 6 nitrogen and oxygen atoms in total. The summed E-state index contributed by atoms with van der Waals surface area (Å²) in [7, 11) is 0. The maximum Gasteiger partial charge on any atom is 0.276 e. The molecule has 0 heterocycles. The highest BCUT2D eigenvalue weighted by Crippen LogP contribution is 2.25. The number of rotatable bonds is 7. The van der Waals surface area contributed by atoms with Gasteiger partial charge in [0.15, 0.2) is 6.61 Å². The van der Waals surface area contributed by atoms with Gasteiger partial charge in [0.05, 0.1) is 5.02 Å². The summed E-state index contributed by atoms with van der Waals surface area (Å²) >= 11 is 6.01. The van der Waals surface area contributed by atoms with Gasteiger partial charge in [-0.05, 0) is 62.7 Å². The summed E-state index contributed by atoms with van der Waals surface area (Å²) in [6.07, 6.45) is 0. The molecule has 0 saturated carbocycles. The molecule has 0 aromatic heterocycles. The maximum atomic E-state index is 12.1. The first kappa shape index (κ1) is 20.6. The van der Waals surface area contributed by atoms with E-state index < -0.39 is 11.8 Å². The lowest BCUT2D eigenvalue weighted by atomic mass is 10.2. The first-order valence-corrected chi connectivity index (χ1v) is 9.15. The molecule has 2 aromatic rings. The zero-order valence-corrected chi connectivity index (χ0v) is 16.5. The van der Waals surface area contributed by atoms with Crippen molar-refractivity contribution in [2.75, 3.05) is 24.6 Å². The third-order valence-electron chi connectivity index (χ3n) is 4.02. The molecular formula is C20H24ClN3O3. The fraction of sp³-hybridized carbons (Fsp3) is 0.300.